The number of piperidine rings is 1. The summed E-state index contributed by atoms with van der Waals surface area (Å²) >= 11 is 0. The summed E-state index contributed by atoms with van der Waals surface area (Å²) < 4.78 is 5.79. The van der Waals surface area contributed by atoms with Crippen molar-refractivity contribution in [3.63, 3.8) is 0 Å². The van der Waals surface area contributed by atoms with Gasteiger partial charge in [0.25, 0.3) is 0 Å². The zero-order chi connectivity index (χ0) is 18.0. The summed E-state index contributed by atoms with van der Waals surface area (Å²) in [4.78, 5) is 14.5. The van der Waals surface area contributed by atoms with Gasteiger partial charge in [-0.15, -0.1) is 0 Å². The van der Waals surface area contributed by atoms with E-state index in [1.54, 1.807) is 0 Å². The van der Waals surface area contributed by atoms with Crippen LogP contribution in [0, 0.1) is 19.3 Å². The van der Waals surface area contributed by atoms with Crippen LogP contribution >= 0.6 is 0 Å². The molecule has 1 saturated heterocycles. The van der Waals surface area contributed by atoms with Crippen molar-refractivity contribution in [2.75, 3.05) is 31.6 Å². The lowest BCUT2D eigenvalue weighted by molar-refractivity contribution is -0.209. The average Bonchev–Trinajstić information content (AvgIpc) is 2.61. The highest BCUT2D eigenvalue weighted by atomic mass is 16.5. The fourth-order valence-corrected chi connectivity index (χ4v) is 4.36. The summed E-state index contributed by atoms with van der Waals surface area (Å²) in [5.41, 5.74) is 3.23. The predicted molar refractivity (Wildman–Crippen MR) is 98.7 cm³/mol. The average molecular weight is 346 g/mol. The normalized spacial score (nSPS) is 24.9. The van der Waals surface area contributed by atoms with E-state index in [-0.39, 0.29) is 23.5 Å². The molecule has 1 aliphatic carbocycles. The van der Waals surface area contributed by atoms with Gasteiger partial charge in [0, 0.05) is 37.2 Å². The van der Waals surface area contributed by atoms with Crippen LogP contribution in [0.2, 0.25) is 0 Å². The van der Waals surface area contributed by atoms with E-state index in [9.17, 15) is 9.90 Å². The number of nitrogens with one attached hydrogen (secondary N) is 1. The Balaban J connectivity index is 1.54. The van der Waals surface area contributed by atoms with Crippen molar-refractivity contribution in [3.05, 3.63) is 29.3 Å². The minimum absolute atomic E-state index is 0.124. The van der Waals surface area contributed by atoms with Gasteiger partial charge in [0.2, 0.25) is 5.91 Å². The number of likely N-dealkylation sites (tertiary alicyclic amines) is 1. The number of carbonyl (C=O) groups is 1. The van der Waals surface area contributed by atoms with E-state index in [2.05, 4.69) is 31.3 Å². The van der Waals surface area contributed by atoms with Gasteiger partial charge in [-0.1, -0.05) is 18.2 Å². The Morgan fingerprint density at radius 3 is 2.52 bits per heavy atom. The van der Waals surface area contributed by atoms with Crippen molar-refractivity contribution in [1.29, 1.82) is 0 Å². The lowest BCUT2D eigenvalue weighted by atomic mass is 9.58. The Hall–Kier alpha value is -1.59. The Morgan fingerprint density at radius 2 is 1.96 bits per heavy atom. The fourth-order valence-electron chi connectivity index (χ4n) is 4.36. The number of ether oxygens (including phenoxy) is 1. The summed E-state index contributed by atoms with van der Waals surface area (Å²) in [7, 11) is 0. The first kappa shape index (κ1) is 18.2. The van der Waals surface area contributed by atoms with Gasteiger partial charge < -0.3 is 20.1 Å². The number of aryl methyl sites for hydroxylation is 2. The maximum absolute atomic E-state index is 12.6. The first-order chi connectivity index (χ1) is 12.0. The van der Waals surface area contributed by atoms with E-state index in [0.29, 0.717) is 26.2 Å². The van der Waals surface area contributed by atoms with Crippen LogP contribution in [0.4, 0.5) is 5.69 Å². The third-order valence-electron chi connectivity index (χ3n) is 6.05. The lowest BCUT2D eigenvalue weighted by Crippen LogP contribution is -2.63. The van der Waals surface area contributed by atoms with Crippen LogP contribution < -0.4 is 5.32 Å². The summed E-state index contributed by atoms with van der Waals surface area (Å²) in [6.45, 7) is 8.50. The van der Waals surface area contributed by atoms with Crippen molar-refractivity contribution in [2.45, 2.75) is 52.2 Å². The first-order valence-electron chi connectivity index (χ1n) is 9.35. The van der Waals surface area contributed by atoms with Gasteiger partial charge in [0.15, 0.2) is 0 Å². The number of nitrogens with zero attached hydrogens (tertiary/aromatic N) is 1. The Labute approximate surface area is 150 Å². The second kappa shape index (κ2) is 7.34. The molecule has 3 rings (SSSR count). The number of aliphatic hydroxyl groups excluding tert-OH is 1. The van der Waals surface area contributed by atoms with Crippen molar-refractivity contribution < 1.29 is 14.6 Å². The molecule has 1 aromatic carbocycles. The van der Waals surface area contributed by atoms with E-state index >= 15 is 0 Å². The van der Waals surface area contributed by atoms with Crippen LogP contribution in [0.1, 0.15) is 37.3 Å². The molecule has 0 radical (unpaired) electrons. The number of benzene rings is 1. The number of aliphatic hydroxyl groups is 1. The van der Waals surface area contributed by atoms with E-state index in [1.165, 1.54) is 0 Å². The second-order valence-corrected chi connectivity index (χ2v) is 7.43. The van der Waals surface area contributed by atoms with E-state index in [4.69, 9.17) is 4.74 Å². The largest absolute Gasteiger partial charge is 0.392 e. The molecule has 25 heavy (non-hydrogen) atoms. The summed E-state index contributed by atoms with van der Waals surface area (Å²) in [5, 5.41) is 13.6. The van der Waals surface area contributed by atoms with Crippen LogP contribution in [-0.2, 0) is 9.53 Å². The topological polar surface area (TPSA) is 61.8 Å². The number of rotatable bonds is 5. The van der Waals surface area contributed by atoms with Crippen molar-refractivity contribution in [1.82, 2.24) is 4.90 Å². The molecule has 0 aromatic heterocycles. The summed E-state index contributed by atoms with van der Waals surface area (Å²) in [6, 6.07) is 6.13. The van der Waals surface area contributed by atoms with Gasteiger partial charge in [-0.2, -0.15) is 0 Å². The third-order valence-corrected chi connectivity index (χ3v) is 6.05. The molecule has 2 N–H and O–H groups in total. The van der Waals surface area contributed by atoms with Gasteiger partial charge >= 0.3 is 0 Å². The van der Waals surface area contributed by atoms with E-state index < -0.39 is 0 Å². The van der Waals surface area contributed by atoms with Gasteiger partial charge in [-0.25, -0.2) is 0 Å². The van der Waals surface area contributed by atoms with Crippen LogP contribution in [0.25, 0.3) is 0 Å². The van der Waals surface area contributed by atoms with Crippen molar-refractivity contribution in [2.24, 2.45) is 5.41 Å². The molecule has 1 spiro atoms. The molecule has 0 bridgehead atoms. The van der Waals surface area contributed by atoms with E-state index in [0.717, 1.165) is 36.1 Å². The molecule has 5 nitrogen and oxygen atoms in total. The van der Waals surface area contributed by atoms with Crippen molar-refractivity contribution in [3.8, 4) is 0 Å². The molecule has 2 atom stereocenters. The Bertz CT molecular complexity index is 601. The number of amides is 1. The standard InChI is InChI=1S/C20H30N2O3/c1-4-25-17-12-16(23)20(17)8-10-22(11-9-20)18(24)13-21-19-14(2)6-5-7-15(19)3/h5-7,16-17,21,23H,4,8-13H2,1-3H3/t16-,17-/m0/s1. The van der Waals surface area contributed by atoms with Gasteiger partial charge in [-0.3, -0.25) is 4.79 Å². The summed E-state index contributed by atoms with van der Waals surface area (Å²) in [6.07, 6.45) is 2.25. The molecule has 1 heterocycles. The van der Waals surface area contributed by atoms with Crippen LogP contribution in [-0.4, -0.2) is 54.4 Å². The zero-order valence-corrected chi connectivity index (χ0v) is 15.5. The highest BCUT2D eigenvalue weighted by Gasteiger charge is 2.56. The number of carbonyl (C=O) groups excluding carboxylic acids is 1. The maximum Gasteiger partial charge on any atom is 0.241 e. The molecule has 1 amide bonds. The lowest BCUT2D eigenvalue weighted by Gasteiger charge is -2.56. The highest BCUT2D eigenvalue weighted by Crippen LogP contribution is 2.50. The SMILES string of the molecule is CCO[C@H]1C[C@H](O)C12CCN(C(=O)CNc1c(C)cccc1C)CC2. The number of hydrogen-bond donors (Lipinski definition) is 2. The van der Waals surface area contributed by atoms with Crippen molar-refractivity contribution >= 4 is 11.6 Å². The summed E-state index contributed by atoms with van der Waals surface area (Å²) in [5.74, 6) is 0.124. The van der Waals surface area contributed by atoms with E-state index in [1.807, 2.05) is 17.9 Å². The first-order valence-corrected chi connectivity index (χ1v) is 9.35. The number of hydrogen-bond acceptors (Lipinski definition) is 4. The molecular weight excluding hydrogens is 316 g/mol. The molecular formula is C20H30N2O3. The zero-order valence-electron chi connectivity index (χ0n) is 15.5. The fraction of sp³-hybridized carbons (Fsp3) is 0.650. The molecule has 1 aromatic rings. The molecule has 138 valence electrons. The number of anilines is 1. The monoisotopic (exact) mass is 346 g/mol. The Kier molecular flexibility index (Phi) is 5.35. The third kappa shape index (κ3) is 3.40. The second-order valence-electron chi connectivity index (χ2n) is 7.43. The Morgan fingerprint density at radius 1 is 1.32 bits per heavy atom. The molecule has 0 unspecified atom stereocenters. The number of para-hydroxylation sites is 1. The predicted octanol–water partition coefficient (Wildman–Crippen LogP) is 2.49. The highest BCUT2D eigenvalue weighted by molar-refractivity contribution is 5.81. The molecule has 5 heteroatoms. The quantitative estimate of drug-likeness (QED) is 0.860. The van der Waals surface area contributed by atoms with Crippen LogP contribution in [0.3, 0.4) is 0 Å². The minimum Gasteiger partial charge on any atom is -0.392 e. The molecule has 1 saturated carbocycles. The van der Waals surface area contributed by atoms with Gasteiger partial charge in [0.1, 0.15) is 0 Å². The molecule has 2 aliphatic rings. The van der Waals surface area contributed by atoms with Crippen LogP contribution in [0.5, 0.6) is 0 Å². The minimum atomic E-state index is -0.283. The van der Waals surface area contributed by atoms with Crippen LogP contribution in [0.15, 0.2) is 18.2 Å². The molecule has 1 aliphatic heterocycles. The van der Waals surface area contributed by atoms with Gasteiger partial charge in [-0.05, 0) is 44.7 Å². The molecule has 2 fully saturated rings. The maximum atomic E-state index is 12.6. The smallest absolute Gasteiger partial charge is 0.241 e. The van der Waals surface area contributed by atoms with Gasteiger partial charge in [0.05, 0.1) is 18.8 Å².